The molecule has 2 bridgehead atoms. The van der Waals surface area contributed by atoms with Gasteiger partial charge in [0, 0.05) is 54.3 Å². The van der Waals surface area contributed by atoms with Crippen molar-refractivity contribution in [1.29, 1.82) is 0 Å². The number of phenolic OH excluding ortho intramolecular Hbond substituents is 1. The van der Waals surface area contributed by atoms with Crippen LogP contribution in [-0.2, 0) is 6.54 Å². The highest BCUT2D eigenvalue weighted by Crippen LogP contribution is 2.38. The molecule has 158 valence electrons. The van der Waals surface area contributed by atoms with Crippen LogP contribution < -0.4 is 11.2 Å². The number of nitrogens with two attached hydrogens (primary N) is 1. The van der Waals surface area contributed by atoms with Crippen LogP contribution in [0.4, 0.5) is 4.39 Å². The van der Waals surface area contributed by atoms with Crippen LogP contribution in [0.15, 0.2) is 48.8 Å². The number of halogens is 1. The molecule has 0 aliphatic carbocycles. The van der Waals surface area contributed by atoms with Crippen LogP contribution in [0.5, 0.6) is 5.75 Å². The molecular formula is C24H24FN5O. The van der Waals surface area contributed by atoms with Crippen molar-refractivity contribution in [2.45, 2.75) is 31.5 Å². The lowest BCUT2D eigenvalue weighted by molar-refractivity contribution is 0.266. The highest BCUT2D eigenvalue weighted by Gasteiger charge is 2.35. The lowest BCUT2D eigenvalue weighted by Crippen LogP contribution is -2.51. The minimum absolute atomic E-state index is 0.0879. The van der Waals surface area contributed by atoms with Crippen molar-refractivity contribution < 1.29 is 9.50 Å². The van der Waals surface area contributed by atoms with Gasteiger partial charge in [-0.3, -0.25) is 4.98 Å². The SMILES string of the molecule is NN1C=C(N2CC3CCC(C2)N3)c2cnc(-c3cc(O)cc4ccccc34)c(F)c2C1. The maximum atomic E-state index is 15.9. The highest BCUT2D eigenvalue weighted by molar-refractivity contribution is 5.97. The fourth-order valence-electron chi connectivity index (χ4n) is 5.28. The second kappa shape index (κ2) is 6.93. The summed E-state index contributed by atoms with van der Waals surface area (Å²) in [4.78, 5) is 6.86. The fourth-order valence-corrected chi connectivity index (χ4v) is 5.28. The van der Waals surface area contributed by atoms with E-state index in [-0.39, 0.29) is 23.8 Å². The van der Waals surface area contributed by atoms with Crippen LogP contribution in [-0.4, -0.2) is 45.2 Å². The standard InChI is InChI=1S/C24H24FN5O/c25-23-21-12-30(26)13-22(29-10-15-5-6-16(11-29)28-15)20(21)9-27-24(23)19-8-17(31)7-14-3-1-2-4-18(14)19/h1-4,7-9,13,15-16,28,31H,5-6,10-12,26H2. The number of pyridine rings is 1. The van der Waals surface area contributed by atoms with Crippen molar-refractivity contribution in [2.75, 3.05) is 13.1 Å². The smallest absolute Gasteiger partial charge is 0.155 e. The number of aromatic nitrogens is 1. The molecule has 4 heterocycles. The normalized spacial score (nSPS) is 22.6. The first kappa shape index (κ1) is 18.6. The average molecular weight is 417 g/mol. The highest BCUT2D eigenvalue weighted by atomic mass is 19.1. The molecule has 2 saturated heterocycles. The minimum Gasteiger partial charge on any atom is -0.508 e. The van der Waals surface area contributed by atoms with Gasteiger partial charge in [-0.15, -0.1) is 0 Å². The van der Waals surface area contributed by atoms with Crippen LogP contribution in [0.1, 0.15) is 24.0 Å². The van der Waals surface area contributed by atoms with Gasteiger partial charge in [0.1, 0.15) is 11.4 Å². The molecule has 0 radical (unpaired) electrons. The summed E-state index contributed by atoms with van der Waals surface area (Å²) in [5, 5.41) is 17.1. The third kappa shape index (κ3) is 3.04. The third-order valence-corrected chi connectivity index (χ3v) is 6.68. The number of hydrazine groups is 1. The van der Waals surface area contributed by atoms with Crippen molar-refractivity contribution in [1.82, 2.24) is 20.2 Å². The number of benzene rings is 2. The van der Waals surface area contributed by atoms with E-state index in [4.69, 9.17) is 5.84 Å². The molecule has 2 aromatic carbocycles. The number of phenols is 1. The summed E-state index contributed by atoms with van der Waals surface area (Å²) in [7, 11) is 0. The van der Waals surface area contributed by atoms with Gasteiger partial charge in [-0.2, -0.15) is 0 Å². The topological polar surface area (TPSA) is 77.7 Å². The number of likely N-dealkylation sites (tertiary alicyclic amines) is 1. The zero-order chi connectivity index (χ0) is 21.1. The van der Waals surface area contributed by atoms with E-state index in [1.807, 2.05) is 30.5 Å². The van der Waals surface area contributed by atoms with Crippen molar-refractivity contribution >= 4 is 16.5 Å². The van der Waals surface area contributed by atoms with E-state index >= 15 is 4.39 Å². The lowest BCUT2D eigenvalue weighted by Gasteiger charge is -2.39. The molecule has 2 unspecified atom stereocenters. The van der Waals surface area contributed by atoms with Gasteiger partial charge in [0.25, 0.3) is 0 Å². The van der Waals surface area contributed by atoms with E-state index in [2.05, 4.69) is 15.2 Å². The van der Waals surface area contributed by atoms with E-state index in [0.29, 0.717) is 23.2 Å². The third-order valence-electron chi connectivity index (χ3n) is 6.68. The first-order valence-corrected chi connectivity index (χ1v) is 10.7. The van der Waals surface area contributed by atoms with E-state index in [1.54, 1.807) is 23.3 Å². The number of nitrogens with one attached hydrogen (secondary N) is 1. The van der Waals surface area contributed by atoms with E-state index in [0.717, 1.165) is 35.1 Å². The van der Waals surface area contributed by atoms with Crippen molar-refractivity contribution in [2.24, 2.45) is 5.84 Å². The van der Waals surface area contributed by atoms with Gasteiger partial charge in [-0.25, -0.2) is 10.2 Å². The number of hydrogen-bond donors (Lipinski definition) is 3. The molecule has 31 heavy (non-hydrogen) atoms. The molecule has 2 atom stereocenters. The van der Waals surface area contributed by atoms with E-state index in [1.165, 1.54) is 12.8 Å². The van der Waals surface area contributed by atoms with Gasteiger partial charge >= 0.3 is 0 Å². The summed E-state index contributed by atoms with van der Waals surface area (Å²) < 4.78 is 15.9. The second-order valence-electron chi connectivity index (χ2n) is 8.76. The summed E-state index contributed by atoms with van der Waals surface area (Å²) >= 11 is 0. The predicted molar refractivity (Wildman–Crippen MR) is 118 cm³/mol. The zero-order valence-corrected chi connectivity index (χ0v) is 17.1. The molecular weight excluding hydrogens is 393 g/mol. The molecule has 3 aromatic rings. The van der Waals surface area contributed by atoms with Crippen molar-refractivity contribution in [3.8, 4) is 17.0 Å². The Hall–Kier alpha value is -3.16. The molecule has 6 rings (SSSR count). The molecule has 6 nitrogen and oxygen atoms in total. The second-order valence-corrected chi connectivity index (χ2v) is 8.76. The first-order chi connectivity index (χ1) is 15.1. The number of hydrogen-bond acceptors (Lipinski definition) is 6. The monoisotopic (exact) mass is 417 g/mol. The fraction of sp³-hybridized carbons (Fsp3) is 0.292. The van der Waals surface area contributed by atoms with E-state index in [9.17, 15) is 5.11 Å². The predicted octanol–water partition coefficient (Wildman–Crippen LogP) is 3.17. The Morgan fingerprint density at radius 3 is 2.68 bits per heavy atom. The van der Waals surface area contributed by atoms with Crippen molar-refractivity contribution in [3.63, 3.8) is 0 Å². The quantitative estimate of drug-likeness (QED) is 0.556. The number of fused-ring (bicyclic) bond motifs is 4. The average Bonchev–Trinajstić information content (AvgIpc) is 3.11. The van der Waals surface area contributed by atoms with Crippen LogP contribution in [0.2, 0.25) is 0 Å². The molecule has 0 spiro atoms. The molecule has 2 fully saturated rings. The lowest BCUT2D eigenvalue weighted by atomic mass is 9.96. The van der Waals surface area contributed by atoms with Crippen LogP contribution >= 0.6 is 0 Å². The zero-order valence-electron chi connectivity index (χ0n) is 17.1. The largest absolute Gasteiger partial charge is 0.508 e. The molecule has 0 saturated carbocycles. The summed E-state index contributed by atoms with van der Waals surface area (Å²) in [5.74, 6) is 5.90. The maximum absolute atomic E-state index is 15.9. The summed E-state index contributed by atoms with van der Waals surface area (Å²) in [6, 6.07) is 11.8. The maximum Gasteiger partial charge on any atom is 0.155 e. The van der Waals surface area contributed by atoms with Gasteiger partial charge in [-0.05, 0) is 35.7 Å². The van der Waals surface area contributed by atoms with Crippen LogP contribution in [0.3, 0.4) is 0 Å². The van der Waals surface area contributed by atoms with Gasteiger partial charge in [-0.1, -0.05) is 24.3 Å². The molecule has 3 aliphatic rings. The summed E-state index contributed by atoms with van der Waals surface area (Å²) in [6.07, 6.45) is 6.00. The Balaban J connectivity index is 1.47. The Kier molecular flexibility index (Phi) is 4.16. The summed E-state index contributed by atoms with van der Waals surface area (Å²) in [6.45, 7) is 2.04. The van der Waals surface area contributed by atoms with Gasteiger partial charge in [0.15, 0.2) is 5.82 Å². The van der Waals surface area contributed by atoms with Crippen molar-refractivity contribution in [3.05, 3.63) is 65.7 Å². The van der Waals surface area contributed by atoms with Gasteiger partial charge in [0.05, 0.1) is 12.2 Å². The molecule has 1 aromatic heterocycles. The van der Waals surface area contributed by atoms with Gasteiger partial charge in [0.2, 0.25) is 0 Å². The number of rotatable bonds is 2. The first-order valence-electron chi connectivity index (χ1n) is 10.7. The Morgan fingerprint density at radius 1 is 1.10 bits per heavy atom. The van der Waals surface area contributed by atoms with E-state index < -0.39 is 0 Å². The minimum atomic E-state index is -0.382. The van der Waals surface area contributed by atoms with Crippen LogP contribution in [0.25, 0.3) is 27.7 Å². The number of aromatic hydroxyl groups is 1. The number of nitrogens with zero attached hydrogens (tertiary/aromatic N) is 3. The Bertz CT molecular complexity index is 1210. The van der Waals surface area contributed by atoms with Crippen LogP contribution in [0, 0.1) is 5.82 Å². The Labute approximate surface area is 179 Å². The Morgan fingerprint density at radius 2 is 1.87 bits per heavy atom. The summed E-state index contributed by atoms with van der Waals surface area (Å²) in [5.41, 5.74) is 3.09. The molecule has 4 N–H and O–H groups in total. The number of piperazine rings is 1. The molecule has 0 amide bonds. The molecule has 7 heteroatoms. The van der Waals surface area contributed by atoms with Gasteiger partial charge < -0.3 is 20.3 Å². The molecule has 3 aliphatic heterocycles.